The van der Waals surface area contributed by atoms with Gasteiger partial charge in [0.15, 0.2) is 11.5 Å². The second-order valence-corrected chi connectivity index (χ2v) is 4.32. The van der Waals surface area contributed by atoms with Gasteiger partial charge in [0.25, 0.3) is 5.91 Å². The SMILES string of the molecule is NC(=O)c1nccnc1NC1CCCCC1N. The molecule has 0 spiro atoms. The van der Waals surface area contributed by atoms with Gasteiger partial charge in [-0.15, -0.1) is 0 Å². The molecule has 5 N–H and O–H groups in total. The molecule has 2 rings (SSSR count). The number of nitrogens with two attached hydrogens (primary N) is 2. The number of hydrogen-bond acceptors (Lipinski definition) is 5. The van der Waals surface area contributed by atoms with Crippen molar-refractivity contribution < 1.29 is 4.79 Å². The minimum Gasteiger partial charge on any atom is -0.364 e. The van der Waals surface area contributed by atoms with Gasteiger partial charge in [-0.2, -0.15) is 0 Å². The van der Waals surface area contributed by atoms with E-state index in [0.29, 0.717) is 5.82 Å². The van der Waals surface area contributed by atoms with Crippen molar-refractivity contribution in [2.24, 2.45) is 11.5 Å². The minimum atomic E-state index is -0.579. The van der Waals surface area contributed by atoms with Crippen molar-refractivity contribution in [1.82, 2.24) is 9.97 Å². The molecule has 1 aromatic rings. The molecule has 0 bridgehead atoms. The monoisotopic (exact) mass is 235 g/mol. The third-order valence-corrected chi connectivity index (χ3v) is 3.07. The smallest absolute Gasteiger partial charge is 0.271 e. The first-order valence-electron chi connectivity index (χ1n) is 5.81. The fourth-order valence-electron chi connectivity index (χ4n) is 2.14. The summed E-state index contributed by atoms with van der Waals surface area (Å²) < 4.78 is 0. The average Bonchev–Trinajstić information content (AvgIpc) is 2.32. The van der Waals surface area contributed by atoms with Crippen LogP contribution in [-0.4, -0.2) is 28.0 Å². The van der Waals surface area contributed by atoms with Crippen LogP contribution in [0.3, 0.4) is 0 Å². The highest BCUT2D eigenvalue weighted by Crippen LogP contribution is 2.21. The Kier molecular flexibility index (Phi) is 3.53. The van der Waals surface area contributed by atoms with Gasteiger partial charge in [-0.3, -0.25) is 4.79 Å². The van der Waals surface area contributed by atoms with E-state index in [1.165, 1.54) is 12.4 Å². The van der Waals surface area contributed by atoms with Crippen LogP contribution in [0.25, 0.3) is 0 Å². The molecule has 2 atom stereocenters. The number of rotatable bonds is 3. The minimum absolute atomic E-state index is 0.0893. The first-order chi connectivity index (χ1) is 8.18. The number of amides is 1. The van der Waals surface area contributed by atoms with Crippen LogP contribution in [0.1, 0.15) is 36.2 Å². The third-order valence-electron chi connectivity index (χ3n) is 3.07. The number of carbonyl (C=O) groups is 1. The maximum absolute atomic E-state index is 11.2. The van der Waals surface area contributed by atoms with Crippen molar-refractivity contribution in [3.63, 3.8) is 0 Å². The van der Waals surface area contributed by atoms with E-state index in [0.717, 1.165) is 25.7 Å². The van der Waals surface area contributed by atoms with E-state index in [-0.39, 0.29) is 17.8 Å². The Hall–Kier alpha value is -1.69. The highest BCUT2D eigenvalue weighted by atomic mass is 16.1. The van der Waals surface area contributed by atoms with Crippen LogP contribution in [0.2, 0.25) is 0 Å². The van der Waals surface area contributed by atoms with Crippen LogP contribution in [0.15, 0.2) is 12.4 Å². The fourth-order valence-corrected chi connectivity index (χ4v) is 2.14. The van der Waals surface area contributed by atoms with Crippen LogP contribution < -0.4 is 16.8 Å². The van der Waals surface area contributed by atoms with Crippen molar-refractivity contribution >= 4 is 11.7 Å². The van der Waals surface area contributed by atoms with E-state index in [9.17, 15) is 4.79 Å². The van der Waals surface area contributed by atoms with Gasteiger partial charge in [-0.1, -0.05) is 12.8 Å². The fraction of sp³-hybridized carbons (Fsp3) is 0.545. The molecule has 1 saturated carbocycles. The predicted octanol–water partition coefficient (Wildman–Crippen LogP) is 0.257. The molecule has 1 heterocycles. The number of nitrogens with zero attached hydrogens (tertiary/aromatic N) is 2. The van der Waals surface area contributed by atoms with E-state index >= 15 is 0 Å². The van der Waals surface area contributed by atoms with Crippen LogP contribution in [0.5, 0.6) is 0 Å². The van der Waals surface area contributed by atoms with Gasteiger partial charge in [0.05, 0.1) is 0 Å². The molecule has 6 heteroatoms. The number of anilines is 1. The lowest BCUT2D eigenvalue weighted by Crippen LogP contribution is -2.43. The van der Waals surface area contributed by atoms with Crippen molar-refractivity contribution in [1.29, 1.82) is 0 Å². The zero-order chi connectivity index (χ0) is 12.3. The van der Waals surface area contributed by atoms with Crippen molar-refractivity contribution in [2.75, 3.05) is 5.32 Å². The largest absolute Gasteiger partial charge is 0.364 e. The van der Waals surface area contributed by atoms with E-state index in [1.807, 2.05) is 0 Å². The molecular weight excluding hydrogens is 218 g/mol. The molecule has 0 saturated heterocycles. The van der Waals surface area contributed by atoms with Gasteiger partial charge < -0.3 is 16.8 Å². The zero-order valence-electron chi connectivity index (χ0n) is 9.60. The lowest BCUT2D eigenvalue weighted by molar-refractivity contribution is 0.0996. The second-order valence-electron chi connectivity index (χ2n) is 4.32. The van der Waals surface area contributed by atoms with E-state index in [2.05, 4.69) is 15.3 Å². The summed E-state index contributed by atoms with van der Waals surface area (Å²) in [4.78, 5) is 19.2. The molecule has 1 amide bonds. The maximum Gasteiger partial charge on any atom is 0.271 e. The molecule has 92 valence electrons. The molecule has 1 aromatic heterocycles. The molecule has 6 nitrogen and oxygen atoms in total. The summed E-state index contributed by atoms with van der Waals surface area (Å²) >= 11 is 0. The van der Waals surface area contributed by atoms with Gasteiger partial charge in [0.2, 0.25) is 0 Å². The predicted molar refractivity (Wildman–Crippen MR) is 64.4 cm³/mol. The third kappa shape index (κ3) is 2.71. The Morgan fingerprint density at radius 3 is 2.71 bits per heavy atom. The van der Waals surface area contributed by atoms with Crippen molar-refractivity contribution in [3.8, 4) is 0 Å². The Morgan fingerprint density at radius 2 is 2.00 bits per heavy atom. The summed E-state index contributed by atoms with van der Waals surface area (Å²) in [6, 6.07) is 0.227. The quantitative estimate of drug-likeness (QED) is 0.696. The Morgan fingerprint density at radius 1 is 1.29 bits per heavy atom. The van der Waals surface area contributed by atoms with Crippen LogP contribution in [-0.2, 0) is 0 Å². The number of hydrogen-bond donors (Lipinski definition) is 3. The summed E-state index contributed by atoms with van der Waals surface area (Å²) in [6.45, 7) is 0. The maximum atomic E-state index is 11.2. The van der Waals surface area contributed by atoms with Gasteiger partial charge in [-0.05, 0) is 12.8 Å². The standard InChI is InChI=1S/C11H17N5O/c12-7-3-1-2-4-8(7)16-11-9(10(13)17)14-5-6-15-11/h5-8H,1-4,12H2,(H2,13,17)(H,15,16). The number of nitrogens with one attached hydrogen (secondary N) is 1. The highest BCUT2D eigenvalue weighted by Gasteiger charge is 2.23. The van der Waals surface area contributed by atoms with E-state index in [1.54, 1.807) is 0 Å². The van der Waals surface area contributed by atoms with Gasteiger partial charge in [-0.25, -0.2) is 9.97 Å². The first kappa shape index (κ1) is 11.8. The van der Waals surface area contributed by atoms with Crippen LogP contribution >= 0.6 is 0 Å². The molecule has 0 aromatic carbocycles. The van der Waals surface area contributed by atoms with Crippen LogP contribution in [0, 0.1) is 0 Å². The van der Waals surface area contributed by atoms with Crippen molar-refractivity contribution in [2.45, 2.75) is 37.8 Å². The van der Waals surface area contributed by atoms with E-state index in [4.69, 9.17) is 11.5 Å². The molecule has 1 aliphatic carbocycles. The Bertz CT molecular complexity index is 409. The number of carbonyl (C=O) groups excluding carboxylic acids is 1. The molecule has 0 aliphatic heterocycles. The molecule has 1 aliphatic rings. The summed E-state index contributed by atoms with van der Waals surface area (Å²) in [5, 5.41) is 3.18. The lowest BCUT2D eigenvalue weighted by Gasteiger charge is -2.29. The van der Waals surface area contributed by atoms with E-state index < -0.39 is 5.91 Å². The zero-order valence-corrected chi connectivity index (χ0v) is 9.60. The summed E-state index contributed by atoms with van der Waals surface area (Å²) in [6.07, 6.45) is 7.25. The Labute approximate surface area is 99.8 Å². The Balaban J connectivity index is 2.14. The van der Waals surface area contributed by atoms with Gasteiger partial charge >= 0.3 is 0 Å². The number of aromatic nitrogens is 2. The molecule has 17 heavy (non-hydrogen) atoms. The highest BCUT2D eigenvalue weighted by molar-refractivity contribution is 5.95. The van der Waals surface area contributed by atoms with Crippen LogP contribution in [0.4, 0.5) is 5.82 Å². The lowest BCUT2D eigenvalue weighted by atomic mass is 9.91. The summed E-state index contributed by atoms with van der Waals surface area (Å²) in [5.74, 6) is -0.146. The normalized spacial score (nSPS) is 24.3. The molecule has 1 fully saturated rings. The molecule has 0 radical (unpaired) electrons. The topological polar surface area (TPSA) is 107 Å². The van der Waals surface area contributed by atoms with Gasteiger partial charge in [0, 0.05) is 24.5 Å². The number of primary amides is 1. The second kappa shape index (κ2) is 5.09. The molecule has 2 unspecified atom stereocenters. The first-order valence-corrected chi connectivity index (χ1v) is 5.81. The summed E-state index contributed by atoms with van der Waals surface area (Å²) in [5.41, 5.74) is 11.4. The average molecular weight is 235 g/mol. The molecular formula is C11H17N5O. The summed E-state index contributed by atoms with van der Waals surface area (Å²) in [7, 11) is 0. The van der Waals surface area contributed by atoms with Gasteiger partial charge in [0.1, 0.15) is 0 Å². The van der Waals surface area contributed by atoms with Crippen molar-refractivity contribution in [3.05, 3.63) is 18.1 Å².